The number of ether oxygens (including phenoxy) is 1. The predicted octanol–water partition coefficient (Wildman–Crippen LogP) is 3.38. The van der Waals surface area contributed by atoms with Gasteiger partial charge in [0.15, 0.2) is 0 Å². The number of aryl methyl sites for hydroxylation is 1. The summed E-state index contributed by atoms with van der Waals surface area (Å²) in [6.45, 7) is 1.87. The quantitative estimate of drug-likeness (QED) is 0.614. The Morgan fingerprint density at radius 2 is 1.81 bits per heavy atom. The highest BCUT2D eigenvalue weighted by atomic mass is 32.2. The molecule has 4 rings (SSSR count). The standard InChI is InChI=1S/C23H23N3O4S/c1-15-6-11-20(25-21(15)16-4-3-5-19(14-16)31(24,28)29)26-22(27)23(12-13-23)17-7-9-18(30-2)10-8-17/h3-11,14H,12-13H2,1-2H3,(H2,24,28,29)(H,25,26,27). The lowest BCUT2D eigenvalue weighted by atomic mass is 9.95. The van der Waals surface area contributed by atoms with Crippen molar-refractivity contribution >= 4 is 21.7 Å². The molecule has 1 aromatic heterocycles. The number of carbonyl (C=O) groups is 1. The maximum atomic E-state index is 13.1. The number of nitrogens with two attached hydrogens (primary N) is 1. The smallest absolute Gasteiger partial charge is 0.238 e. The van der Waals surface area contributed by atoms with Gasteiger partial charge in [-0.25, -0.2) is 18.5 Å². The number of sulfonamides is 1. The number of nitrogens with one attached hydrogen (secondary N) is 1. The molecule has 1 saturated carbocycles. The minimum Gasteiger partial charge on any atom is -0.497 e. The van der Waals surface area contributed by atoms with Gasteiger partial charge in [0.1, 0.15) is 11.6 Å². The summed E-state index contributed by atoms with van der Waals surface area (Å²) < 4.78 is 28.6. The Morgan fingerprint density at radius 3 is 2.42 bits per heavy atom. The number of hydrogen-bond donors (Lipinski definition) is 2. The lowest BCUT2D eigenvalue weighted by Crippen LogP contribution is -2.28. The van der Waals surface area contributed by atoms with Crippen LogP contribution in [0.15, 0.2) is 65.6 Å². The predicted molar refractivity (Wildman–Crippen MR) is 118 cm³/mol. The van der Waals surface area contributed by atoms with Crippen molar-refractivity contribution in [3.63, 3.8) is 0 Å². The summed E-state index contributed by atoms with van der Waals surface area (Å²) in [7, 11) is -2.22. The van der Waals surface area contributed by atoms with Crippen molar-refractivity contribution in [2.45, 2.75) is 30.1 Å². The molecular formula is C23H23N3O4S. The average molecular weight is 438 g/mol. The molecule has 0 radical (unpaired) electrons. The largest absolute Gasteiger partial charge is 0.497 e. The Morgan fingerprint density at radius 1 is 1.10 bits per heavy atom. The van der Waals surface area contributed by atoms with Crippen molar-refractivity contribution in [3.05, 3.63) is 71.8 Å². The number of anilines is 1. The lowest BCUT2D eigenvalue weighted by molar-refractivity contribution is -0.118. The molecule has 0 spiro atoms. The van der Waals surface area contributed by atoms with Gasteiger partial charge in [-0.3, -0.25) is 4.79 Å². The number of nitrogens with zero attached hydrogens (tertiary/aromatic N) is 1. The molecule has 2 aromatic carbocycles. The molecule has 3 aromatic rings. The first-order valence-electron chi connectivity index (χ1n) is 9.80. The SMILES string of the molecule is COc1ccc(C2(C(=O)Nc3ccc(C)c(-c4cccc(S(N)(=O)=O)c4)n3)CC2)cc1. The van der Waals surface area contributed by atoms with Crippen LogP contribution in [0.1, 0.15) is 24.0 Å². The first-order chi connectivity index (χ1) is 14.7. The Kier molecular flexibility index (Phi) is 5.28. The minimum absolute atomic E-state index is 0.0112. The fourth-order valence-corrected chi connectivity index (χ4v) is 4.19. The molecule has 0 bridgehead atoms. The maximum Gasteiger partial charge on any atom is 0.238 e. The van der Waals surface area contributed by atoms with Crippen LogP contribution in [0.25, 0.3) is 11.3 Å². The molecule has 1 amide bonds. The van der Waals surface area contributed by atoms with Gasteiger partial charge in [0.05, 0.1) is 23.1 Å². The second kappa shape index (κ2) is 7.79. The van der Waals surface area contributed by atoms with Crippen LogP contribution in [0.2, 0.25) is 0 Å². The number of primary sulfonamides is 1. The number of benzene rings is 2. The lowest BCUT2D eigenvalue weighted by Gasteiger charge is -2.17. The van der Waals surface area contributed by atoms with Crippen LogP contribution in [0, 0.1) is 6.92 Å². The van der Waals surface area contributed by atoms with E-state index in [0.717, 1.165) is 29.7 Å². The van der Waals surface area contributed by atoms with E-state index in [2.05, 4.69) is 10.3 Å². The van der Waals surface area contributed by atoms with Crippen LogP contribution in [-0.2, 0) is 20.2 Å². The molecule has 0 unspecified atom stereocenters. The van der Waals surface area contributed by atoms with Gasteiger partial charge in [0, 0.05) is 5.56 Å². The number of hydrogen-bond acceptors (Lipinski definition) is 5. The molecule has 8 heteroatoms. The van der Waals surface area contributed by atoms with Crippen molar-refractivity contribution in [1.29, 1.82) is 0 Å². The molecule has 1 heterocycles. The van der Waals surface area contributed by atoms with Gasteiger partial charge in [0.2, 0.25) is 15.9 Å². The summed E-state index contributed by atoms with van der Waals surface area (Å²) in [4.78, 5) is 17.7. The van der Waals surface area contributed by atoms with Gasteiger partial charge in [-0.1, -0.05) is 30.3 Å². The van der Waals surface area contributed by atoms with Gasteiger partial charge < -0.3 is 10.1 Å². The molecule has 0 atom stereocenters. The highest BCUT2D eigenvalue weighted by molar-refractivity contribution is 7.89. The van der Waals surface area contributed by atoms with Crippen LogP contribution >= 0.6 is 0 Å². The number of methoxy groups -OCH3 is 1. The van der Waals surface area contributed by atoms with E-state index in [-0.39, 0.29) is 10.8 Å². The van der Waals surface area contributed by atoms with E-state index in [1.54, 1.807) is 25.3 Å². The van der Waals surface area contributed by atoms with Gasteiger partial charge in [-0.15, -0.1) is 0 Å². The van der Waals surface area contributed by atoms with Crippen molar-refractivity contribution in [2.24, 2.45) is 5.14 Å². The summed E-state index contributed by atoms with van der Waals surface area (Å²) >= 11 is 0. The summed E-state index contributed by atoms with van der Waals surface area (Å²) in [6, 6.07) is 17.4. The maximum absolute atomic E-state index is 13.1. The zero-order valence-corrected chi connectivity index (χ0v) is 18.1. The van der Waals surface area contributed by atoms with Crippen molar-refractivity contribution in [2.75, 3.05) is 12.4 Å². The van der Waals surface area contributed by atoms with E-state index in [9.17, 15) is 13.2 Å². The van der Waals surface area contributed by atoms with E-state index in [1.165, 1.54) is 12.1 Å². The molecule has 1 aliphatic carbocycles. The second-order valence-electron chi connectivity index (χ2n) is 7.70. The summed E-state index contributed by atoms with van der Waals surface area (Å²) in [6.07, 6.45) is 1.53. The van der Waals surface area contributed by atoms with Gasteiger partial charge in [0.25, 0.3) is 0 Å². The molecule has 0 saturated heterocycles. The summed E-state index contributed by atoms with van der Waals surface area (Å²) in [5.41, 5.74) is 2.42. The highest BCUT2D eigenvalue weighted by Gasteiger charge is 2.51. The fourth-order valence-electron chi connectivity index (χ4n) is 3.63. The summed E-state index contributed by atoms with van der Waals surface area (Å²) in [5.74, 6) is 1.04. The minimum atomic E-state index is -3.83. The first-order valence-corrected chi connectivity index (χ1v) is 11.3. The number of rotatable bonds is 6. The Labute approximate surface area is 181 Å². The topological polar surface area (TPSA) is 111 Å². The number of amides is 1. The number of carbonyl (C=O) groups excluding carboxylic acids is 1. The normalized spacial score (nSPS) is 14.7. The van der Waals surface area contributed by atoms with Crippen LogP contribution in [-0.4, -0.2) is 26.4 Å². The third kappa shape index (κ3) is 4.17. The Balaban J connectivity index is 1.61. The zero-order chi connectivity index (χ0) is 22.2. The average Bonchev–Trinajstić information content (AvgIpc) is 3.57. The van der Waals surface area contributed by atoms with Crippen LogP contribution < -0.4 is 15.2 Å². The Bertz CT molecular complexity index is 1250. The van der Waals surface area contributed by atoms with E-state index in [0.29, 0.717) is 17.1 Å². The van der Waals surface area contributed by atoms with Crippen molar-refractivity contribution in [1.82, 2.24) is 4.98 Å². The molecule has 7 nitrogen and oxygen atoms in total. The first kappa shape index (κ1) is 21.0. The van der Waals surface area contributed by atoms with Crippen LogP contribution in [0.3, 0.4) is 0 Å². The van der Waals surface area contributed by atoms with Gasteiger partial charge in [-0.05, 0) is 61.2 Å². The van der Waals surface area contributed by atoms with E-state index < -0.39 is 15.4 Å². The third-order valence-corrected chi connectivity index (χ3v) is 6.51. The van der Waals surface area contributed by atoms with E-state index >= 15 is 0 Å². The molecule has 1 fully saturated rings. The van der Waals surface area contributed by atoms with Gasteiger partial charge in [-0.2, -0.15) is 0 Å². The molecule has 160 valence electrons. The van der Waals surface area contributed by atoms with Gasteiger partial charge >= 0.3 is 0 Å². The summed E-state index contributed by atoms with van der Waals surface area (Å²) in [5, 5.41) is 8.18. The molecule has 1 aliphatic rings. The Hall–Kier alpha value is -3.23. The van der Waals surface area contributed by atoms with Crippen LogP contribution in [0.4, 0.5) is 5.82 Å². The van der Waals surface area contributed by atoms with Crippen molar-refractivity contribution < 1.29 is 17.9 Å². The van der Waals surface area contributed by atoms with Crippen LogP contribution in [0.5, 0.6) is 5.75 Å². The number of pyridine rings is 1. The number of aromatic nitrogens is 1. The highest BCUT2D eigenvalue weighted by Crippen LogP contribution is 2.49. The van der Waals surface area contributed by atoms with E-state index in [4.69, 9.17) is 9.88 Å². The molecular weight excluding hydrogens is 414 g/mol. The monoisotopic (exact) mass is 437 g/mol. The van der Waals surface area contributed by atoms with E-state index in [1.807, 2.05) is 37.3 Å². The zero-order valence-electron chi connectivity index (χ0n) is 17.3. The molecule has 31 heavy (non-hydrogen) atoms. The second-order valence-corrected chi connectivity index (χ2v) is 9.26. The van der Waals surface area contributed by atoms with Crippen molar-refractivity contribution in [3.8, 4) is 17.0 Å². The third-order valence-electron chi connectivity index (χ3n) is 5.60. The fraction of sp³-hybridized carbons (Fsp3) is 0.217. The molecule has 0 aliphatic heterocycles. The molecule has 3 N–H and O–H groups in total.